The molecule has 2 heterocycles. The van der Waals surface area contributed by atoms with E-state index in [9.17, 15) is 0 Å². The van der Waals surface area contributed by atoms with Gasteiger partial charge in [0.1, 0.15) is 10.8 Å². The van der Waals surface area contributed by atoms with Crippen LogP contribution in [0.4, 0.5) is 0 Å². The van der Waals surface area contributed by atoms with Crippen molar-refractivity contribution in [1.82, 2.24) is 25.2 Å². The van der Waals surface area contributed by atoms with Gasteiger partial charge < -0.3 is 15.2 Å². The molecule has 0 amide bonds. The second-order valence-electron chi connectivity index (χ2n) is 4.31. The highest BCUT2D eigenvalue weighted by molar-refractivity contribution is 7.11. The van der Waals surface area contributed by atoms with Gasteiger partial charge in [-0.15, -0.1) is 11.3 Å². The molecule has 0 spiro atoms. The fraction of sp³-hybridized carbons (Fsp3) is 0.462. The highest BCUT2D eigenvalue weighted by Crippen LogP contribution is 2.12. The number of nitrogens with zero attached hydrogens (tertiary/aromatic N) is 4. The van der Waals surface area contributed by atoms with E-state index in [4.69, 9.17) is 0 Å². The lowest BCUT2D eigenvalue weighted by atomic mass is 10.4. The zero-order chi connectivity index (χ0) is 14.4. The molecular formula is C13H20N6S. The summed E-state index contributed by atoms with van der Waals surface area (Å²) in [6.07, 6.45) is 6.68. The quantitative estimate of drug-likeness (QED) is 0.644. The Morgan fingerprint density at radius 1 is 1.35 bits per heavy atom. The number of hydrogen-bond acceptors (Lipinski definition) is 4. The summed E-state index contributed by atoms with van der Waals surface area (Å²) in [5.41, 5.74) is 0. The maximum Gasteiger partial charge on any atom is 0.191 e. The number of guanidine groups is 1. The predicted molar refractivity (Wildman–Crippen MR) is 81.7 cm³/mol. The average Bonchev–Trinajstić information content (AvgIpc) is 3.08. The number of nitrogens with one attached hydrogen (secondary N) is 2. The molecule has 0 saturated heterocycles. The Hall–Kier alpha value is -1.89. The standard InChI is InChI=1S/C13H20N6S/c1-4-10-7-16-12(20-10)9-18-13(14-2)17-8-11-15-5-6-19(11)3/h5-7H,4,8-9H2,1-3H3,(H2,14,17,18). The Morgan fingerprint density at radius 2 is 2.15 bits per heavy atom. The molecule has 0 aliphatic heterocycles. The van der Waals surface area contributed by atoms with E-state index in [0.717, 1.165) is 23.2 Å². The van der Waals surface area contributed by atoms with Crippen LogP contribution in [0.2, 0.25) is 0 Å². The number of aryl methyl sites for hydroxylation is 2. The molecule has 7 heteroatoms. The minimum absolute atomic E-state index is 0.640. The highest BCUT2D eigenvalue weighted by atomic mass is 32.1. The molecule has 2 N–H and O–H groups in total. The van der Waals surface area contributed by atoms with Crippen molar-refractivity contribution in [2.75, 3.05) is 7.05 Å². The van der Waals surface area contributed by atoms with Crippen LogP contribution in [0, 0.1) is 0 Å². The van der Waals surface area contributed by atoms with Crippen LogP contribution in [0.1, 0.15) is 22.6 Å². The molecule has 0 aliphatic carbocycles. The van der Waals surface area contributed by atoms with Crippen molar-refractivity contribution in [2.45, 2.75) is 26.4 Å². The third kappa shape index (κ3) is 3.80. The van der Waals surface area contributed by atoms with Crippen LogP contribution < -0.4 is 10.6 Å². The molecule has 0 aromatic carbocycles. The topological polar surface area (TPSA) is 67.1 Å². The van der Waals surface area contributed by atoms with E-state index >= 15 is 0 Å². The van der Waals surface area contributed by atoms with Gasteiger partial charge in [-0.3, -0.25) is 4.99 Å². The third-order valence-electron chi connectivity index (χ3n) is 2.92. The molecule has 6 nitrogen and oxygen atoms in total. The smallest absolute Gasteiger partial charge is 0.191 e. The van der Waals surface area contributed by atoms with E-state index in [-0.39, 0.29) is 0 Å². The lowest BCUT2D eigenvalue weighted by Gasteiger charge is -2.10. The zero-order valence-corrected chi connectivity index (χ0v) is 12.9. The van der Waals surface area contributed by atoms with E-state index in [1.165, 1.54) is 4.88 Å². The molecule has 0 radical (unpaired) electrons. The first-order valence-corrected chi connectivity index (χ1v) is 7.39. The van der Waals surface area contributed by atoms with Gasteiger partial charge in [-0.25, -0.2) is 9.97 Å². The number of aliphatic imine (C=N–C) groups is 1. The number of thiazole rings is 1. The summed E-state index contributed by atoms with van der Waals surface area (Å²) in [7, 11) is 3.73. The molecule has 2 rings (SSSR count). The normalized spacial score (nSPS) is 11.7. The van der Waals surface area contributed by atoms with Gasteiger partial charge in [0.2, 0.25) is 0 Å². The predicted octanol–water partition coefficient (Wildman–Crippen LogP) is 1.30. The van der Waals surface area contributed by atoms with Crippen LogP contribution in [0.25, 0.3) is 0 Å². The Bertz CT molecular complexity index is 571. The average molecular weight is 292 g/mol. The Kier molecular flexibility index (Phi) is 5.11. The molecule has 108 valence electrons. The molecule has 0 atom stereocenters. The highest BCUT2D eigenvalue weighted by Gasteiger charge is 2.04. The molecular weight excluding hydrogens is 272 g/mol. The van der Waals surface area contributed by atoms with Gasteiger partial charge in [-0.1, -0.05) is 6.92 Å². The monoisotopic (exact) mass is 292 g/mol. The fourth-order valence-electron chi connectivity index (χ4n) is 1.70. The molecule has 0 unspecified atom stereocenters. The van der Waals surface area contributed by atoms with Crippen LogP contribution >= 0.6 is 11.3 Å². The molecule has 2 aromatic heterocycles. The first kappa shape index (κ1) is 14.5. The lowest BCUT2D eigenvalue weighted by molar-refractivity contribution is 0.726. The second kappa shape index (κ2) is 7.04. The number of aromatic nitrogens is 3. The van der Waals surface area contributed by atoms with E-state index in [0.29, 0.717) is 13.1 Å². The maximum absolute atomic E-state index is 4.37. The van der Waals surface area contributed by atoms with Gasteiger partial charge in [-0.2, -0.15) is 0 Å². The summed E-state index contributed by atoms with van der Waals surface area (Å²) in [4.78, 5) is 14.1. The van der Waals surface area contributed by atoms with Crippen LogP contribution in [0.3, 0.4) is 0 Å². The number of hydrogen-bond donors (Lipinski definition) is 2. The van der Waals surface area contributed by atoms with Crippen LogP contribution in [0.15, 0.2) is 23.6 Å². The van der Waals surface area contributed by atoms with Crippen LogP contribution in [-0.2, 0) is 26.6 Å². The van der Waals surface area contributed by atoms with Gasteiger partial charge in [-0.05, 0) is 6.42 Å². The minimum atomic E-state index is 0.640. The first-order valence-electron chi connectivity index (χ1n) is 6.57. The van der Waals surface area contributed by atoms with Crippen molar-refractivity contribution >= 4 is 17.3 Å². The summed E-state index contributed by atoms with van der Waals surface area (Å²) in [6, 6.07) is 0. The SMILES string of the molecule is CCc1cnc(CNC(=NC)NCc2nccn2C)s1. The molecule has 2 aromatic rings. The number of rotatable bonds is 5. The largest absolute Gasteiger partial charge is 0.350 e. The first-order chi connectivity index (χ1) is 9.72. The Balaban J connectivity index is 1.82. The van der Waals surface area contributed by atoms with Crippen molar-refractivity contribution in [3.8, 4) is 0 Å². The van der Waals surface area contributed by atoms with Crippen LogP contribution in [-0.4, -0.2) is 27.5 Å². The van der Waals surface area contributed by atoms with E-state index in [2.05, 4.69) is 32.5 Å². The summed E-state index contributed by atoms with van der Waals surface area (Å²) >= 11 is 1.73. The molecule has 0 bridgehead atoms. The minimum Gasteiger partial charge on any atom is -0.350 e. The van der Waals surface area contributed by atoms with E-state index in [1.807, 2.05) is 24.0 Å². The summed E-state index contributed by atoms with van der Waals surface area (Å²) in [6.45, 7) is 3.46. The van der Waals surface area contributed by atoms with Crippen molar-refractivity contribution in [3.63, 3.8) is 0 Å². The van der Waals surface area contributed by atoms with Crippen molar-refractivity contribution in [1.29, 1.82) is 0 Å². The van der Waals surface area contributed by atoms with Crippen molar-refractivity contribution < 1.29 is 0 Å². The fourth-order valence-corrected chi connectivity index (χ4v) is 2.50. The third-order valence-corrected chi connectivity index (χ3v) is 4.06. The molecule has 0 fully saturated rings. The number of imidazole rings is 1. The Morgan fingerprint density at radius 3 is 2.75 bits per heavy atom. The second-order valence-corrected chi connectivity index (χ2v) is 5.51. The Labute approximate surface area is 123 Å². The van der Waals surface area contributed by atoms with Gasteiger partial charge in [0.25, 0.3) is 0 Å². The summed E-state index contributed by atoms with van der Waals surface area (Å²) < 4.78 is 1.98. The molecule has 20 heavy (non-hydrogen) atoms. The van der Waals surface area contributed by atoms with Gasteiger partial charge in [0.05, 0.1) is 13.1 Å². The van der Waals surface area contributed by atoms with Gasteiger partial charge in [0.15, 0.2) is 5.96 Å². The van der Waals surface area contributed by atoms with Gasteiger partial charge in [0, 0.05) is 37.6 Å². The van der Waals surface area contributed by atoms with Crippen LogP contribution in [0.5, 0.6) is 0 Å². The van der Waals surface area contributed by atoms with Crippen molar-refractivity contribution in [3.05, 3.63) is 34.3 Å². The maximum atomic E-state index is 4.37. The molecule has 0 aliphatic rings. The lowest BCUT2D eigenvalue weighted by Crippen LogP contribution is -2.36. The summed E-state index contributed by atoms with van der Waals surface area (Å²) in [5.74, 6) is 1.72. The van der Waals surface area contributed by atoms with E-state index in [1.54, 1.807) is 24.6 Å². The summed E-state index contributed by atoms with van der Waals surface area (Å²) in [5, 5.41) is 7.56. The van der Waals surface area contributed by atoms with Crippen molar-refractivity contribution in [2.24, 2.45) is 12.0 Å². The van der Waals surface area contributed by atoms with Gasteiger partial charge >= 0.3 is 0 Å². The zero-order valence-electron chi connectivity index (χ0n) is 12.1. The van der Waals surface area contributed by atoms with E-state index < -0.39 is 0 Å². The molecule has 0 saturated carbocycles.